The predicted octanol–water partition coefficient (Wildman–Crippen LogP) is 2.56. The molecule has 3 N–H and O–H groups in total. The number of hydrogen-bond donors (Lipinski definition) is 2. The maximum atomic E-state index is 5.76. The highest BCUT2D eigenvalue weighted by molar-refractivity contribution is 5.49. The van der Waals surface area contributed by atoms with Gasteiger partial charge in [-0.05, 0) is 42.7 Å². The molecule has 1 aromatic heterocycles. The summed E-state index contributed by atoms with van der Waals surface area (Å²) in [4.78, 5) is 4.41. The highest BCUT2D eigenvalue weighted by Gasteiger charge is 2.11. The van der Waals surface area contributed by atoms with Gasteiger partial charge in [0.2, 0.25) is 0 Å². The number of aryl methyl sites for hydroxylation is 1. The normalized spacial score (nSPS) is 12.8. The minimum absolute atomic E-state index is 0.731. The van der Waals surface area contributed by atoms with Crippen LogP contribution in [-0.2, 0) is 12.8 Å². The third-order valence-corrected chi connectivity index (χ3v) is 3.60. The highest BCUT2D eigenvalue weighted by Crippen LogP contribution is 2.26. The van der Waals surface area contributed by atoms with Gasteiger partial charge in [-0.15, -0.1) is 0 Å². The van der Waals surface area contributed by atoms with Crippen molar-refractivity contribution in [2.45, 2.75) is 19.8 Å². The average Bonchev–Trinajstić information content (AvgIpc) is 2.90. The lowest BCUT2D eigenvalue weighted by molar-refractivity contribution is 0.357. The van der Waals surface area contributed by atoms with E-state index in [4.69, 9.17) is 10.5 Å². The van der Waals surface area contributed by atoms with E-state index in [2.05, 4.69) is 28.5 Å². The molecule has 1 aromatic carbocycles. The number of nitrogens with two attached hydrogens (primary N) is 1. The van der Waals surface area contributed by atoms with Gasteiger partial charge in [0, 0.05) is 13.0 Å². The van der Waals surface area contributed by atoms with E-state index in [0.29, 0.717) is 0 Å². The zero-order chi connectivity index (χ0) is 13.9. The molecule has 0 amide bonds. The van der Waals surface area contributed by atoms with E-state index in [0.717, 1.165) is 48.9 Å². The largest absolute Gasteiger partial charge is 0.493 e. The molecular formula is C16H19N3O. The first-order valence-corrected chi connectivity index (χ1v) is 6.94. The van der Waals surface area contributed by atoms with Gasteiger partial charge in [0.15, 0.2) is 0 Å². The van der Waals surface area contributed by atoms with E-state index in [1.54, 1.807) is 0 Å². The number of hydrogen-bond acceptors (Lipinski definition) is 4. The Labute approximate surface area is 119 Å². The molecule has 2 aromatic rings. The van der Waals surface area contributed by atoms with Crippen molar-refractivity contribution in [3.05, 3.63) is 47.2 Å². The fraction of sp³-hybridized carbons (Fsp3) is 0.312. The number of nitrogens with zero attached hydrogens (tertiary/aromatic N) is 1. The molecule has 0 saturated carbocycles. The summed E-state index contributed by atoms with van der Waals surface area (Å²) in [5.74, 6) is 1.92. The van der Waals surface area contributed by atoms with Crippen LogP contribution in [0.4, 0.5) is 11.5 Å². The Morgan fingerprint density at radius 1 is 1.30 bits per heavy atom. The number of fused-ring (bicyclic) bond motifs is 1. The minimum Gasteiger partial charge on any atom is -0.493 e. The van der Waals surface area contributed by atoms with Crippen LogP contribution in [0.15, 0.2) is 30.3 Å². The summed E-state index contributed by atoms with van der Waals surface area (Å²) in [6.45, 7) is 3.59. The molecule has 0 unspecified atom stereocenters. The number of anilines is 2. The average molecular weight is 269 g/mol. The van der Waals surface area contributed by atoms with Crippen LogP contribution in [0.1, 0.15) is 16.8 Å². The van der Waals surface area contributed by atoms with Crippen molar-refractivity contribution in [3.63, 3.8) is 0 Å². The minimum atomic E-state index is 0.731. The quantitative estimate of drug-likeness (QED) is 0.895. The Balaban J connectivity index is 1.58. The molecule has 0 bridgehead atoms. The van der Waals surface area contributed by atoms with Gasteiger partial charge in [-0.2, -0.15) is 0 Å². The van der Waals surface area contributed by atoms with E-state index in [1.165, 1.54) is 11.1 Å². The van der Waals surface area contributed by atoms with Gasteiger partial charge < -0.3 is 15.8 Å². The second-order valence-corrected chi connectivity index (χ2v) is 5.09. The van der Waals surface area contributed by atoms with E-state index < -0.39 is 0 Å². The first-order valence-electron chi connectivity index (χ1n) is 6.94. The lowest BCUT2D eigenvalue weighted by Gasteiger charge is -2.08. The molecule has 0 aliphatic carbocycles. The number of ether oxygens (including phenoxy) is 1. The molecule has 1 aliphatic rings. The molecule has 0 saturated heterocycles. The molecule has 1 aliphatic heterocycles. The summed E-state index contributed by atoms with van der Waals surface area (Å²) < 4.78 is 5.51. The first kappa shape index (κ1) is 12.8. The van der Waals surface area contributed by atoms with Gasteiger partial charge in [-0.25, -0.2) is 4.98 Å². The number of pyridine rings is 1. The van der Waals surface area contributed by atoms with Crippen molar-refractivity contribution in [1.82, 2.24) is 4.98 Å². The number of aromatic nitrogens is 1. The molecule has 4 heteroatoms. The maximum Gasteiger partial charge on any atom is 0.126 e. The first-order chi connectivity index (χ1) is 9.72. The highest BCUT2D eigenvalue weighted by atomic mass is 16.5. The zero-order valence-electron chi connectivity index (χ0n) is 11.6. The summed E-state index contributed by atoms with van der Waals surface area (Å²) in [6, 6.07) is 10.2. The monoisotopic (exact) mass is 269 g/mol. The molecule has 20 heavy (non-hydrogen) atoms. The molecule has 104 valence electrons. The molecule has 0 radical (unpaired) electrons. The summed E-state index contributed by atoms with van der Waals surface area (Å²) in [5, 5.41) is 3.33. The zero-order valence-corrected chi connectivity index (χ0v) is 11.6. The van der Waals surface area contributed by atoms with Crippen LogP contribution in [0, 0.1) is 6.92 Å². The Kier molecular flexibility index (Phi) is 3.46. The predicted molar refractivity (Wildman–Crippen MR) is 81.2 cm³/mol. The standard InChI is InChI=1S/C16H19N3O/c1-11-14(17)3-5-16(19-11)18-8-6-12-2-4-15-13(10-12)7-9-20-15/h2-5,10H,6-9,17H2,1H3,(H,18,19). The molecule has 0 atom stereocenters. The Bertz CT molecular complexity index is 625. The SMILES string of the molecule is Cc1nc(NCCc2ccc3c(c2)CCO3)ccc1N. The summed E-state index contributed by atoms with van der Waals surface area (Å²) in [5.41, 5.74) is 10.0. The second-order valence-electron chi connectivity index (χ2n) is 5.09. The third kappa shape index (κ3) is 2.69. The van der Waals surface area contributed by atoms with Crippen LogP contribution >= 0.6 is 0 Å². The van der Waals surface area contributed by atoms with E-state index in [-0.39, 0.29) is 0 Å². The molecule has 0 spiro atoms. The second kappa shape index (κ2) is 5.41. The van der Waals surface area contributed by atoms with Crippen molar-refractivity contribution in [2.24, 2.45) is 0 Å². The van der Waals surface area contributed by atoms with Crippen LogP contribution in [0.25, 0.3) is 0 Å². The fourth-order valence-electron chi connectivity index (χ4n) is 2.40. The van der Waals surface area contributed by atoms with Crippen molar-refractivity contribution in [1.29, 1.82) is 0 Å². The Morgan fingerprint density at radius 2 is 2.20 bits per heavy atom. The van der Waals surface area contributed by atoms with Gasteiger partial charge >= 0.3 is 0 Å². The molecule has 0 fully saturated rings. The maximum absolute atomic E-state index is 5.76. The molecule has 2 heterocycles. The fourth-order valence-corrected chi connectivity index (χ4v) is 2.40. The van der Waals surface area contributed by atoms with Gasteiger partial charge in [0.1, 0.15) is 11.6 Å². The van der Waals surface area contributed by atoms with Crippen LogP contribution < -0.4 is 15.8 Å². The Hall–Kier alpha value is -2.23. The van der Waals surface area contributed by atoms with Crippen molar-refractivity contribution < 1.29 is 4.74 Å². The lowest BCUT2D eigenvalue weighted by atomic mass is 10.1. The number of nitrogens with one attached hydrogen (secondary N) is 1. The molecule has 3 rings (SSSR count). The van der Waals surface area contributed by atoms with E-state index >= 15 is 0 Å². The summed E-state index contributed by atoms with van der Waals surface area (Å²) in [6.07, 6.45) is 1.99. The van der Waals surface area contributed by atoms with Crippen molar-refractivity contribution in [2.75, 3.05) is 24.2 Å². The topological polar surface area (TPSA) is 60.2 Å². The number of nitrogen functional groups attached to an aromatic ring is 1. The van der Waals surface area contributed by atoms with Gasteiger partial charge in [0.25, 0.3) is 0 Å². The lowest BCUT2D eigenvalue weighted by Crippen LogP contribution is -2.07. The Morgan fingerprint density at radius 3 is 3.05 bits per heavy atom. The van der Waals surface area contributed by atoms with Crippen LogP contribution in [0.5, 0.6) is 5.75 Å². The summed E-state index contributed by atoms with van der Waals surface area (Å²) >= 11 is 0. The van der Waals surface area contributed by atoms with Crippen molar-refractivity contribution in [3.8, 4) is 5.75 Å². The van der Waals surface area contributed by atoms with Gasteiger partial charge in [-0.3, -0.25) is 0 Å². The number of benzene rings is 1. The van der Waals surface area contributed by atoms with E-state index in [1.807, 2.05) is 19.1 Å². The summed E-state index contributed by atoms with van der Waals surface area (Å²) in [7, 11) is 0. The number of rotatable bonds is 4. The van der Waals surface area contributed by atoms with Crippen molar-refractivity contribution >= 4 is 11.5 Å². The van der Waals surface area contributed by atoms with Crippen LogP contribution in [0.3, 0.4) is 0 Å². The smallest absolute Gasteiger partial charge is 0.126 e. The third-order valence-electron chi connectivity index (χ3n) is 3.60. The van der Waals surface area contributed by atoms with Crippen LogP contribution in [-0.4, -0.2) is 18.1 Å². The van der Waals surface area contributed by atoms with Gasteiger partial charge in [-0.1, -0.05) is 12.1 Å². The molecule has 4 nitrogen and oxygen atoms in total. The van der Waals surface area contributed by atoms with E-state index in [9.17, 15) is 0 Å². The molecular weight excluding hydrogens is 250 g/mol. The van der Waals surface area contributed by atoms with Gasteiger partial charge in [0.05, 0.1) is 18.0 Å². The van der Waals surface area contributed by atoms with Crippen LogP contribution in [0.2, 0.25) is 0 Å².